The molecule has 1 aliphatic heterocycles. The fraction of sp³-hybridized carbons (Fsp3) is 0.333. The second-order valence-electron chi connectivity index (χ2n) is 6.85. The van der Waals surface area contributed by atoms with Gasteiger partial charge in [-0.15, -0.1) is 0 Å². The molecule has 1 aliphatic rings. The third-order valence-corrected chi connectivity index (χ3v) is 4.98. The van der Waals surface area contributed by atoms with Crippen LogP contribution in [0.5, 0.6) is 11.5 Å². The highest BCUT2D eigenvalue weighted by molar-refractivity contribution is 5.94. The van der Waals surface area contributed by atoms with Crippen molar-refractivity contribution in [3.05, 3.63) is 58.1 Å². The molecular weight excluding hydrogens is 390 g/mol. The Kier molecular flexibility index (Phi) is 6.51. The summed E-state index contributed by atoms with van der Waals surface area (Å²) in [5.41, 5.74) is 1.45. The summed E-state index contributed by atoms with van der Waals surface area (Å²) in [4.78, 5) is 38.1. The lowest BCUT2D eigenvalue weighted by Crippen LogP contribution is -2.50. The van der Waals surface area contributed by atoms with Crippen LogP contribution >= 0.6 is 0 Å². The summed E-state index contributed by atoms with van der Waals surface area (Å²) in [7, 11) is 1.48. The van der Waals surface area contributed by atoms with E-state index in [4.69, 9.17) is 9.47 Å². The first-order valence-corrected chi connectivity index (χ1v) is 9.48. The molecule has 0 saturated carbocycles. The maximum Gasteiger partial charge on any atom is 0.269 e. The summed E-state index contributed by atoms with van der Waals surface area (Å²) in [6, 6.07) is 11.2. The summed E-state index contributed by atoms with van der Waals surface area (Å²) in [5.74, 6) is 0.580. The SMILES string of the molecule is COc1cc(C(C)=O)ccc1OCC(=O)N1CCN(c2ccc([N+](=O)[O-])cc2)CC1. The van der Waals surface area contributed by atoms with E-state index in [1.54, 1.807) is 35.2 Å². The highest BCUT2D eigenvalue weighted by atomic mass is 16.6. The predicted octanol–water partition coefficient (Wildman–Crippen LogP) is 2.53. The molecule has 1 heterocycles. The number of amides is 1. The number of rotatable bonds is 7. The van der Waals surface area contributed by atoms with Gasteiger partial charge in [-0.25, -0.2) is 0 Å². The molecule has 0 bridgehead atoms. The monoisotopic (exact) mass is 413 g/mol. The van der Waals surface area contributed by atoms with Crippen LogP contribution in [0.3, 0.4) is 0 Å². The Bertz CT molecular complexity index is 936. The normalized spacial score (nSPS) is 13.7. The van der Waals surface area contributed by atoms with Crippen LogP contribution in [0.2, 0.25) is 0 Å². The van der Waals surface area contributed by atoms with Gasteiger partial charge in [-0.3, -0.25) is 19.7 Å². The van der Waals surface area contributed by atoms with E-state index in [9.17, 15) is 19.7 Å². The Hall–Kier alpha value is -3.62. The maximum absolute atomic E-state index is 12.5. The molecule has 0 unspecified atom stereocenters. The number of nitro groups is 1. The fourth-order valence-corrected chi connectivity index (χ4v) is 3.24. The molecular formula is C21H23N3O6. The largest absolute Gasteiger partial charge is 0.493 e. The van der Waals surface area contributed by atoms with Crippen LogP contribution in [0.4, 0.5) is 11.4 Å². The smallest absolute Gasteiger partial charge is 0.269 e. The fourth-order valence-electron chi connectivity index (χ4n) is 3.24. The van der Waals surface area contributed by atoms with Crippen LogP contribution in [-0.4, -0.2) is 61.4 Å². The molecule has 9 nitrogen and oxygen atoms in total. The van der Waals surface area contributed by atoms with Crippen molar-refractivity contribution in [2.24, 2.45) is 0 Å². The molecule has 0 radical (unpaired) electrons. The summed E-state index contributed by atoms with van der Waals surface area (Å²) in [6.07, 6.45) is 0. The number of hydrogen-bond donors (Lipinski definition) is 0. The van der Waals surface area contributed by atoms with Gasteiger partial charge in [-0.05, 0) is 37.3 Å². The number of anilines is 1. The van der Waals surface area contributed by atoms with Crippen molar-refractivity contribution < 1.29 is 24.0 Å². The lowest BCUT2D eigenvalue weighted by molar-refractivity contribution is -0.384. The number of methoxy groups -OCH3 is 1. The average Bonchev–Trinajstić information content (AvgIpc) is 2.77. The van der Waals surface area contributed by atoms with Crippen LogP contribution in [0, 0.1) is 10.1 Å². The Balaban J connectivity index is 1.53. The first kappa shape index (κ1) is 21.1. The van der Waals surface area contributed by atoms with Crippen LogP contribution in [0.15, 0.2) is 42.5 Å². The minimum atomic E-state index is -0.428. The molecule has 9 heteroatoms. The minimum absolute atomic E-state index is 0.0523. The van der Waals surface area contributed by atoms with Crippen LogP contribution in [0.25, 0.3) is 0 Å². The van der Waals surface area contributed by atoms with Gasteiger partial charge in [-0.1, -0.05) is 0 Å². The quantitative estimate of drug-likeness (QED) is 0.390. The minimum Gasteiger partial charge on any atom is -0.493 e. The van der Waals surface area contributed by atoms with Crippen LogP contribution < -0.4 is 14.4 Å². The molecule has 2 aromatic rings. The first-order chi connectivity index (χ1) is 14.4. The number of ketones is 1. The van der Waals surface area contributed by atoms with Crippen LogP contribution in [-0.2, 0) is 4.79 Å². The number of Topliss-reactive ketones (excluding diaryl/α,β-unsaturated/α-hetero) is 1. The standard InChI is InChI=1S/C21H23N3O6/c1-15(25)16-3-8-19(20(13-16)29-2)30-14-21(26)23-11-9-22(10-12-23)17-4-6-18(7-5-17)24(27)28/h3-8,13H,9-12,14H2,1-2H3. The predicted molar refractivity (Wildman–Crippen MR) is 110 cm³/mol. The molecule has 158 valence electrons. The van der Waals surface area contributed by atoms with Gasteiger partial charge in [0.1, 0.15) is 0 Å². The number of carbonyl (C=O) groups excluding carboxylic acids is 2. The molecule has 0 aromatic heterocycles. The molecule has 1 amide bonds. The number of ether oxygens (including phenoxy) is 2. The Morgan fingerprint density at radius 3 is 2.27 bits per heavy atom. The van der Waals surface area contributed by atoms with Gasteiger partial charge in [0.25, 0.3) is 11.6 Å². The third kappa shape index (κ3) is 4.86. The lowest BCUT2D eigenvalue weighted by atomic mass is 10.1. The topological polar surface area (TPSA) is 102 Å². The van der Waals surface area contributed by atoms with Crippen molar-refractivity contribution in [2.45, 2.75) is 6.92 Å². The van der Waals surface area contributed by atoms with Gasteiger partial charge in [0.05, 0.1) is 12.0 Å². The molecule has 2 aromatic carbocycles. The van der Waals surface area contributed by atoms with E-state index in [1.165, 1.54) is 26.2 Å². The maximum atomic E-state index is 12.5. The number of hydrogen-bond acceptors (Lipinski definition) is 7. The summed E-state index contributed by atoms with van der Waals surface area (Å²) in [6.45, 7) is 3.64. The van der Waals surface area contributed by atoms with Crippen molar-refractivity contribution in [2.75, 3.05) is 44.8 Å². The van der Waals surface area contributed by atoms with E-state index in [-0.39, 0.29) is 24.0 Å². The van der Waals surface area contributed by atoms with E-state index >= 15 is 0 Å². The Labute approximate surface area is 173 Å². The molecule has 30 heavy (non-hydrogen) atoms. The average molecular weight is 413 g/mol. The molecule has 1 saturated heterocycles. The highest BCUT2D eigenvalue weighted by Gasteiger charge is 2.22. The second-order valence-corrected chi connectivity index (χ2v) is 6.85. The van der Waals surface area contributed by atoms with E-state index in [1.807, 2.05) is 0 Å². The van der Waals surface area contributed by atoms with Crippen molar-refractivity contribution in [1.29, 1.82) is 0 Å². The molecule has 0 aliphatic carbocycles. The van der Waals surface area contributed by atoms with Gasteiger partial charge < -0.3 is 19.3 Å². The second kappa shape index (κ2) is 9.25. The van der Waals surface area contributed by atoms with E-state index < -0.39 is 4.92 Å². The number of non-ortho nitro benzene ring substituents is 1. The number of nitrogens with zero attached hydrogens (tertiary/aromatic N) is 3. The number of piperazine rings is 1. The molecule has 0 N–H and O–H groups in total. The summed E-state index contributed by atoms with van der Waals surface area (Å²) < 4.78 is 10.9. The number of carbonyl (C=O) groups is 2. The highest BCUT2D eigenvalue weighted by Crippen LogP contribution is 2.28. The van der Waals surface area contributed by atoms with E-state index in [2.05, 4.69) is 4.90 Å². The Morgan fingerprint density at radius 2 is 1.70 bits per heavy atom. The molecule has 0 atom stereocenters. The third-order valence-electron chi connectivity index (χ3n) is 4.98. The summed E-state index contributed by atoms with van der Waals surface area (Å²) >= 11 is 0. The van der Waals surface area contributed by atoms with Crippen molar-refractivity contribution in [3.8, 4) is 11.5 Å². The zero-order valence-electron chi connectivity index (χ0n) is 16.9. The van der Waals surface area contributed by atoms with Crippen molar-refractivity contribution >= 4 is 23.1 Å². The van der Waals surface area contributed by atoms with Crippen molar-refractivity contribution in [3.63, 3.8) is 0 Å². The molecule has 1 fully saturated rings. The van der Waals surface area contributed by atoms with Crippen molar-refractivity contribution in [1.82, 2.24) is 4.90 Å². The molecule has 3 rings (SSSR count). The van der Waals surface area contributed by atoms with Gasteiger partial charge in [-0.2, -0.15) is 0 Å². The van der Waals surface area contributed by atoms with Gasteiger partial charge in [0.15, 0.2) is 23.9 Å². The Morgan fingerprint density at radius 1 is 1.03 bits per heavy atom. The summed E-state index contributed by atoms with van der Waals surface area (Å²) in [5, 5.41) is 10.8. The number of benzene rings is 2. The first-order valence-electron chi connectivity index (χ1n) is 9.48. The zero-order chi connectivity index (χ0) is 21.7. The van der Waals surface area contributed by atoms with Gasteiger partial charge in [0, 0.05) is 49.6 Å². The zero-order valence-corrected chi connectivity index (χ0v) is 16.9. The van der Waals surface area contributed by atoms with E-state index in [0.717, 1.165) is 5.69 Å². The lowest BCUT2D eigenvalue weighted by Gasteiger charge is -2.36. The van der Waals surface area contributed by atoms with Crippen LogP contribution in [0.1, 0.15) is 17.3 Å². The van der Waals surface area contributed by atoms with Gasteiger partial charge >= 0.3 is 0 Å². The number of nitro benzene ring substituents is 1. The van der Waals surface area contributed by atoms with Gasteiger partial charge in [0.2, 0.25) is 0 Å². The van der Waals surface area contributed by atoms with E-state index in [0.29, 0.717) is 43.2 Å². The molecule has 0 spiro atoms.